The van der Waals surface area contributed by atoms with Crippen molar-refractivity contribution in [1.82, 2.24) is 40.1 Å². The lowest BCUT2D eigenvalue weighted by Gasteiger charge is -2.33. The Morgan fingerprint density at radius 1 is 0.692 bits per heavy atom. The number of aromatic nitrogens is 5. The summed E-state index contributed by atoms with van der Waals surface area (Å²) in [5.74, 6) is 0.411. The number of para-hydroxylation sites is 1. The molecule has 120 heavy (non-hydrogen) atoms. The van der Waals surface area contributed by atoms with E-state index in [0.717, 1.165) is 111 Å². The van der Waals surface area contributed by atoms with Gasteiger partial charge in [0.1, 0.15) is 59.0 Å². The number of piperidine rings is 1. The summed E-state index contributed by atoms with van der Waals surface area (Å²) in [6.45, 7) is 19.1. The number of nitrogens with one attached hydrogen (secondary N) is 3. The Bertz CT molecular complexity index is 3840. The van der Waals surface area contributed by atoms with Crippen molar-refractivity contribution in [1.29, 1.82) is 0 Å². The smallest absolute Gasteiger partial charge is 0.407 e. The number of aliphatic hydroxyl groups is 1. The highest BCUT2D eigenvalue weighted by atomic mass is 16.6. The van der Waals surface area contributed by atoms with Crippen LogP contribution in [-0.2, 0) is 90.3 Å². The number of nitrogens with zero attached hydrogens (tertiary/aromatic N) is 5. The maximum atomic E-state index is 13.4. The minimum Gasteiger partial charge on any atom is -0.495 e. The number of aromatic amines is 1. The highest BCUT2D eigenvalue weighted by Gasteiger charge is 2.37. The highest BCUT2D eigenvalue weighted by molar-refractivity contribution is 6.37. The summed E-state index contributed by atoms with van der Waals surface area (Å²) in [7, 11) is 3.30. The van der Waals surface area contributed by atoms with Crippen molar-refractivity contribution in [2.75, 3.05) is 165 Å². The van der Waals surface area contributed by atoms with Crippen LogP contribution in [0.1, 0.15) is 175 Å². The second kappa shape index (κ2) is 55.3. The van der Waals surface area contributed by atoms with Crippen molar-refractivity contribution >= 4 is 64.0 Å². The van der Waals surface area contributed by atoms with E-state index < -0.39 is 42.0 Å². The lowest BCUT2D eigenvalue weighted by Crippen LogP contribution is -2.46. The number of carbonyl (C=O) groups excluding carboxylic acids is 7. The van der Waals surface area contributed by atoms with Gasteiger partial charge in [0.2, 0.25) is 11.7 Å². The predicted octanol–water partition coefficient (Wildman–Crippen LogP) is 10.5. The van der Waals surface area contributed by atoms with Crippen molar-refractivity contribution in [3.05, 3.63) is 84.0 Å². The standard InChI is InChI=1S/C89H135N9O22/c1-62(16-10-8-11-17-63(2)80(108-7)58-73-19-15-21-79(119-73)84(103)88(105)97-34-12-9-13-35-97)54-64(3)76(101)59-77(102)66(5)55-65(4)75(100)57-72(118-61-99)31-24-67-22-29-71(30-23-67)120-89(106)92-33-37-110-39-41-112-43-45-114-47-49-116-51-53-117-52-50-115-48-46-113-44-42-111-40-38-109-36-32-91-87(104)69-27-25-68(26-28-69)86-96-82(83-85(90)93-60-94-98(83)86)74-56-70-18-14-20-78(107-6)81(70)95-74/h8,10-11,14,16-18,20,55-56,60-62,64-65,67-69,71-73,77,79-80,95,102H,9,12-13,15,19,21-54,57-59H2,1-7H3,(H,91,104)(H,92,106)(H2,90,93,94)/b11-8+,16-10+,63-17+,66-55+/t62-,64-,65-,67?,68?,69?,71?,72-,73?,77+,79?,80+/m1/s1. The zero-order valence-electron chi connectivity index (χ0n) is 71.9. The number of anilines is 1. The van der Waals surface area contributed by atoms with Gasteiger partial charge in [-0.2, -0.15) is 5.10 Å². The number of allylic oxidation sites excluding steroid dienone is 6. The topological polar surface area (TPSA) is 381 Å². The van der Waals surface area contributed by atoms with Gasteiger partial charge in [0.05, 0.1) is 156 Å². The van der Waals surface area contributed by atoms with Gasteiger partial charge in [0.25, 0.3) is 12.4 Å². The first-order valence-corrected chi connectivity index (χ1v) is 43.4. The molecule has 0 bridgehead atoms. The normalized spacial score (nSPS) is 20.4. The van der Waals surface area contributed by atoms with Gasteiger partial charge in [-0.25, -0.2) is 19.3 Å². The van der Waals surface area contributed by atoms with Gasteiger partial charge in [-0.15, -0.1) is 0 Å². The third kappa shape index (κ3) is 34.1. The average Bonchev–Trinajstić information content (AvgIpc) is 1.60. The number of rotatable bonds is 59. The van der Waals surface area contributed by atoms with Crippen molar-refractivity contribution in [2.45, 2.75) is 206 Å². The number of amides is 3. The fraction of sp³-hybridized carbons (Fsp3) is 0.685. The number of nitrogens with two attached hydrogens (primary N) is 1. The lowest BCUT2D eigenvalue weighted by atomic mass is 9.81. The molecule has 4 aliphatic rings. The molecular formula is C89H135N9O22. The molecule has 8 rings (SSSR count). The van der Waals surface area contributed by atoms with Crippen LogP contribution in [0.2, 0.25) is 0 Å². The average molecular weight is 1680 g/mol. The van der Waals surface area contributed by atoms with Crippen LogP contribution in [0.3, 0.4) is 0 Å². The number of imidazole rings is 1. The number of ether oxygens (including phenoxy) is 14. The molecule has 2 aliphatic heterocycles. The van der Waals surface area contributed by atoms with E-state index in [4.69, 9.17) is 77.0 Å². The van der Waals surface area contributed by atoms with Gasteiger partial charge in [-0.1, -0.05) is 69.4 Å². The van der Waals surface area contributed by atoms with Crippen LogP contribution in [0.15, 0.2) is 78.2 Å². The maximum Gasteiger partial charge on any atom is 0.407 e. The SMILES string of the molecule is COc1cccc2cc(-c3nc(C4CCC(C(=O)NCCOCCOCCOCCOCCOCCOCCOCCOCCOCCNC(=O)OC5CCC(CC[C@H](CC(=O)[C@H](C)/C=C(\C)[C@@H](O)CC(=O)[C@H](C)C[C@H](C)/C=C/C=C/C=C(\C)[C@H](CC6CCCC(C(=O)C(=O)N7CCCCC7)O6)OC)OC=O)CC5)CC4)n4ncnc(N)c34)[nH]c12. The number of carbonyl (C=O) groups is 7. The Morgan fingerprint density at radius 2 is 1.30 bits per heavy atom. The molecule has 4 aromatic rings. The predicted molar refractivity (Wildman–Crippen MR) is 451 cm³/mol. The van der Waals surface area contributed by atoms with Crippen LogP contribution in [-0.4, -0.2) is 272 Å². The van der Waals surface area contributed by atoms with E-state index in [2.05, 4.69) is 25.7 Å². The molecule has 2 aliphatic carbocycles. The number of fused-ring (bicyclic) bond motifs is 2. The molecule has 31 heteroatoms. The first-order chi connectivity index (χ1) is 58.3. The third-order valence-electron chi connectivity index (χ3n) is 22.7. The summed E-state index contributed by atoms with van der Waals surface area (Å²) in [5, 5.41) is 22.4. The largest absolute Gasteiger partial charge is 0.495 e. The molecule has 1 aromatic carbocycles. The number of methoxy groups -OCH3 is 2. The minimum atomic E-state index is -1.04. The quantitative estimate of drug-likeness (QED) is 0.00901. The molecule has 5 heterocycles. The zero-order chi connectivity index (χ0) is 85.6. The van der Waals surface area contributed by atoms with E-state index in [-0.39, 0.29) is 78.8 Å². The molecule has 2 saturated carbocycles. The minimum absolute atomic E-state index is 0.0268. The maximum absolute atomic E-state index is 13.4. The third-order valence-corrected chi connectivity index (χ3v) is 22.7. The zero-order valence-corrected chi connectivity index (χ0v) is 71.9. The number of hydrogen-bond donors (Lipinski definition) is 5. The van der Waals surface area contributed by atoms with E-state index in [9.17, 15) is 38.7 Å². The Labute approximate surface area is 707 Å². The summed E-state index contributed by atoms with van der Waals surface area (Å²) in [6.07, 6.45) is 23.1. The number of aliphatic hydroxyl groups excluding tert-OH is 1. The molecule has 668 valence electrons. The number of nitrogen functional groups attached to an aromatic ring is 1. The number of ketones is 3. The molecular weight excluding hydrogens is 1550 g/mol. The Kier molecular flexibility index (Phi) is 44.9. The first kappa shape index (κ1) is 97.5. The van der Waals surface area contributed by atoms with Crippen LogP contribution >= 0.6 is 0 Å². The molecule has 6 N–H and O–H groups in total. The summed E-state index contributed by atoms with van der Waals surface area (Å²) in [6, 6.07) is 7.89. The number of alkyl carbamates (subject to hydrolysis) is 1. The molecule has 8 atom stereocenters. The van der Waals surface area contributed by atoms with Gasteiger partial charge in [0.15, 0.2) is 5.82 Å². The van der Waals surface area contributed by atoms with E-state index in [1.54, 1.807) is 43.6 Å². The molecule has 4 fully saturated rings. The Hall–Kier alpha value is -7.92. The fourth-order valence-corrected chi connectivity index (χ4v) is 15.7. The van der Waals surface area contributed by atoms with Crippen molar-refractivity contribution in [3.63, 3.8) is 0 Å². The summed E-state index contributed by atoms with van der Waals surface area (Å²) in [5.41, 5.74) is 10.9. The lowest BCUT2D eigenvalue weighted by molar-refractivity contribution is -0.157. The second-order valence-corrected chi connectivity index (χ2v) is 31.8. The Balaban J connectivity index is 0.531. The van der Waals surface area contributed by atoms with E-state index in [1.165, 1.54) is 6.33 Å². The van der Waals surface area contributed by atoms with E-state index in [0.29, 0.717) is 212 Å². The summed E-state index contributed by atoms with van der Waals surface area (Å²) >= 11 is 0. The number of H-pyrrole nitrogens is 1. The summed E-state index contributed by atoms with van der Waals surface area (Å²) in [4.78, 5) is 104. The number of benzene rings is 1. The van der Waals surface area contributed by atoms with Gasteiger partial charge >= 0.3 is 6.09 Å². The number of Topliss-reactive ketones (excluding diaryl/α,β-unsaturated/α-hetero) is 3. The molecule has 3 amide bonds. The van der Waals surface area contributed by atoms with Crippen LogP contribution in [0.4, 0.5) is 10.6 Å². The van der Waals surface area contributed by atoms with Crippen molar-refractivity contribution in [3.8, 4) is 17.1 Å². The van der Waals surface area contributed by atoms with Crippen molar-refractivity contribution < 1.29 is 105 Å². The van der Waals surface area contributed by atoms with Crippen LogP contribution in [0.5, 0.6) is 5.75 Å². The van der Waals surface area contributed by atoms with Gasteiger partial charge in [-0.05, 0) is 158 Å². The van der Waals surface area contributed by atoms with E-state index in [1.807, 2.05) is 75.4 Å². The first-order valence-electron chi connectivity index (χ1n) is 43.4. The molecule has 3 aromatic heterocycles. The van der Waals surface area contributed by atoms with Gasteiger partial charge < -0.3 is 97.7 Å². The van der Waals surface area contributed by atoms with Crippen LogP contribution < -0.4 is 21.1 Å². The molecule has 31 nitrogen and oxygen atoms in total. The molecule has 2 saturated heterocycles. The summed E-state index contributed by atoms with van der Waals surface area (Å²) < 4.78 is 80.8. The number of hydrogen-bond acceptors (Lipinski definition) is 26. The van der Waals surface area contributed by atoms with Gasteiger partial charge in [0, 0.05) is 81.6 Å². The second-order valence-electron chi connectivity index (χ2n) is 31.8. The molecule has 2 unspecified atom stereocenters. The fourth-order valence-electron chi connectivity index (χ4n) is 15.7. The monoisotopic (exact) mass is 1680 g/mol. The van der Waals surface area contributed by atoms with E-state index >= 15 is 0 Å². The van der Waals surface area contributed by atoms with Crippen LogP contribution in [0.25, 0.3) is 27.8 Å². The number of likely N-dealkylation sites (tertiary alicyclic amines) is 1. The van der Waals surface area contributed by atoms with Gasteiger partial charge in [-0.3, -0.25) is 28.8 Å². The van der Waals surface area contributed by atoms with Crippen LogP contribution in [0, 0.1) is 29.6 Å². The molecule has 0 spiro atoms. The highest BCUT2D eigenvalue weighted by Crippen LogP contribution is 2.40. The Morgan fingerprint density at radius 3 is 1.90 bits per heavy atom. The van der Waals surface area contributed by atoms with Crippen molar-refractivity contribution in [2.24, 2.45) is 29.6 Å². The molecule has 0 radical (unpaired) electrons.